The van der Waals surface area contributed by atoms with Crippen LogP contribution in [0.1, 0.15) is 29.8 Å². The van der Waals surface area contributed by atoms with Crippen molar-refractivity contribution in [2.45, 2.75) is 18.6 Å². The van der Waals surface area contributed by atoms with Crippen molar-refractivity contribution in [3.05, 3.63) is 96.1 Å². The van der Waals surface area contributed by atoms with Gasteiger partial charge in [-0.05, 0) is 44.8 Å². The van der Waals surface area contributed by atoms with Gasteiger partial charge in [0.1, 0.15) is 0 Å². The minimum absolute atomic E-state index is 0.274. The lowest BCUT2D eigenvalue weighted by molar-refractivity contribution is 0.0805. The van der Waals surface area contributed by atoms with Crippen molar-refractivity contribution < 1.29 is 10.2 Å². The van der Waals surface area contributed by atoms with E-state index in [1.807, 2.05) is 72.8 Å². The summed E-state index contributed by atoms with van der Waals surface area (Å²) in [5.41, 5.74) is 1.66. The Morgan fingerprint density at radius 2 is 0.920 bits per heavy atom. The van der Waals surface area contributed by atoms with Crippen molar-refractivity contribution in [3.8, 4) is 0 Å². The number of hydrogen-bond donors (Lipinski definition) is 2. The number of aliphatic hydroxyl groups is 2. The highest BCUT2D eigenvalue weighted by molar-refractivity contribution is 5.83. The highest BCUT2D eigenvalue weighted by Crippen LogP contribution is 2.29. The molecule has 2 N–H and O–H groups in total. The molecule has 0 aliphatic rings. The second-order valence-corrected chi connectivity index (χ2v) is 6.48. The molecule has 4 rings (SSSR count). The second kappa shape index (κ2) is 6.67. The number of hydrogen-bond acceptors (Lipinski definition) is 2. The fourth-order valence-corrected chi connectivity index (χ4v) is 3.31. The van der Waals surface area contributed by atoms with Crippen LogP contribution in [-0.2, 0) is 0 Å². The van der Waals surface area contributed by atoms with Gasteiger partial charge in [-0.2, -0.15) is 0 Å². The molecular weight excluding hydrogens is 308 g/mol. The van der Waals surface area contributed by atoms with Gasteiger partial charge in [0.05, 0.1) is 12.2 Å². The third-order valence-corrected chi connectivity index (χ3v) is 4.76. The molecule has 0 radical (unpaired) electrons. The van der Waals surface area contributed by atoms with Crippen LogP contribution in [0.4, 0.5) is 0 Å². The molecule has 0 heterocycles. The van der Waals surface area contributed by atoms with Crippen LogP contribution < -0.4 is 0 Å². The number of benzene rings is 4. The van der Waals surface area contributed by atoms with Crippen molar-refractivity contribution >= 4 is 21.5 Å². The van der Waals surface area contributed by atoms with E-state index in [-0.39, 0.29) is 6.42 Å². The maximum absolute atomic E-state index is 10.6. The Morgan fingerprint density at radius 3 is 1.36 bits per heavy atom. The van der Waals surface area contributed by atoms with Crippen LogP contribution in [0.25, 0.3) is 21.5 Å². The van der Waals surface area contributed by atoms with Crippen molar-refractivity contribution in [1.29, 1.82) is 0 Å². The van der Waals surface area contributed by atoms with E-state index in [1.165, 1.54) is 0 Å². The number of fused-ring (bicyclic) bond motifs is 2. The summed E-state index contributed by atoms with van der Waals surface area (Å²) in [6.45, 7) is 0. The highest BCUT2D eigenvalue weighted by Gasteiger charge is 2.16. The standard InChI is InChI=1S/C23H20O2/c24-22(20-11-9-16-5-1-3-7-18(16)13-20)15-23(25)21-12-10-17-6-2-4-8-19(17)14-21/h1-14,22-25H,15H2. The van der Waals surface area contributed by atoms with Gasteiger partial charge in [-0.1, -0.05) is 72.8 Å². The third-order valence-electron chi connectivity index (χ3n) is 4.76. The zero-order chi connectivity index (χ0) is 17.2. The molecule has 0 amide bonds. The molecule has 0 saturated carbocycles. The van der Waals surface area contributed by atoms with Crippen LogP contribution >= 0.6 is 0 Å². The zero-order valence-electron chi connectivity index (χ0n) is 13.8. The summed E-state index contributed by atoms with van der Waals surface area (Å²) in [5.74, 6) is 0. The average molecular weight is 328 g/mol. The molecular formula is C23H20O2. The molecule has 0 aliphatic heterocycles. The van der Waals surface area contributed by atoms with E-state index in [9.17, 15) is 10.2 Å². The van der Waals surface area contributed by atoms with E-state index in [1.54, 1.807) is 0 Å². The van der Waals surface area contributed by atoms with E-state index < -0.39 is 12.2 Å². The predicted molar refractivity (Wildman–Crippen MR) is 102 cm³/mol. The van der Waals surface area contributed by atoms with Crippen LogP contribution in [0.2, 0.25) is 0 Å². The molecule has 2 unspecified atom stereocenters. The lowest BCUT2D eigenvalue weighted by Gasteiger charge is -2.17. The van der Waals surface area contributed by atoms with Gasteiger partial charge in [0.25, 0.3) is 0 Å². The van der Waals surface area contributed by atoms with Crippen molar-refractivity contribution in [2.75, 3.05) is 0 Å². The fraction of sp³-hybridized carbons (Fsp3) is 0.130. The smallest absolute Gasteiger partial charge is 0.0818 e. The first-order valence-electron chi connectivity index (χ1n) is 8.54. The minimum Gasteiger partial charge on any atom is -0.388 e. The molecule has 0 aliphatic carbocycles. The van der Waals surface area contributed by atoms with Gasteiger partial charge in [-0.15, -0.1) is 0 Å². The van der Waals surface area contributed by atoms with Crippen LogP contribution in [0.5, 0.6) is 0 Å². The Kier molecular flexibility index (Phi) is 4.22. The lowest BCUT2D eigenvalue weighted by atomic mass is 9.96. The summed E-state index contributed by atoms with van der Waals surface area (Å²) in [6, 6.07) is 28.0. The average Bonchev–Trinajstić information content (AvgIpc) is 2.67. The maximum atomic E-state index is 10.6. The van der Waals surface area contributed by atoms with Gasteiger partial charge >= 0.3 is 0 Å². The lowest BCUT2D eigenvalue weighted by Crippen LogP contribution is -2.06. The van der Waals surface area contributed by atoms with Gasteiger partial charge in [0.15, 0.2) is 0 Å². The zero-order valence-corrected chi connectivity index (χ0v) is 13.8. The van der Waals surface area contributed by atoms with Crippen LogP contribution in [0, 0.1) is 0 Å². The largest absolute Gasteiger partial charge is 0.388 e. The van der Waals surface area contributed by atoms with Crippen LogP contribution in [-0.4, -0.2) is 10.2 Å². The summed E-state index contributed by atoms with van der Waals surface area (Å²) in [6.07, 6.45) is -1.13. The number of rotatable bonds is 4. The van der Waals surface area contributed by atoms with Crippen molar-refractivity contribution in [1.82, 2.24) is 0 Å². The first-order chi connectivity index (χ1) is 12.2. The second-order valence-electron chi connectivity index (χ2n) is 6.48. The molecule has 124 valence electrons. The van der Waals surface area contributed by atoms with E-state index in [0.29, 0.717) is 0 Å². The molecule has 4 aromatic carbocycles. The predicted octanol–water partition coefficient (Wildman–Crippen LogP) is 5.15. The normalized spacial score (nSPS) is 13.8. The molecule has 0 bridgehead atoms. The Labute approximate surface area is 147 Å². The summed E-state index contributed by atoms with van der Waals surface area (Å²) in [4.78, 5) is 0. The van der Waals surface area contributed by atoms with Gasteiger partial charge in [0, 0.05) is 6.42 Å². The Balaban J connectivity index is 1.56. The summed E-state index contributed by atoms with van der Waals surface area (Å²) >= 11 is 0. The molecule has 25 heavy (non-hydrogen) atoms. The quantitative estimate of drug-likeness (QED) is 0.544. The van der Waals surface area contributed by atoms with Gasteiger partial charge in [-0.3, -0.25) is 0 Å². The fourth-order valence-electron chi connectivity index (χ4n) is 3.31. The summed E-state index contributed by atoms with van der Waals surface area (Å²) in [5, 5.41) is 25.6. The van der Waals surface area contributed by atoms with E-state index in [2.05, 4.69) is 12.1 Å². The van der Waals surface area contributed by atoms with E-state index >= 15 is 0 Å². The Morgan fingerprint density at radius 1 is 0.520 bits per heavy atom. The Bertz CT molecular complexity index is 939. The van der Waals surface area contributed by atoms with Gasteiger partial charge in [-0.25, -0.2) is 0 Å². The molecule has 2 atom stereocenters. The van der Waals surface area contributed by atoms with E-state index in [0.717, 1.165) is 32.7 Å². The van der Waals surface area contributed by atoms with Gasteiger partial charge < -0.3 is 10.2 Å². The molecule has 0 aromatic heterocycles. The van der Waals surface area contributed by atoms with E-state index in [4.69, 9.17) is 0 Å². The molecule has 0 spiro atoms. The third kappa shape index (κ3) is 3.27. The minimum atomic E-state index is -0.703. The van der Waals surface area contributed by atoms with Crippen LogP contribution in [0.3, 0.4) is 0 Å². The molecule has 4 aromatic rings. The van der Waals surface area contributed by atoms with Crippen LogP contribution in [0.15, 0.2) is 84.9 Å². The monoisotopic (exact) mass is 328 g/mol. The van der Waals surface area contributed by atoms with Gasteiger partial charge in [0.2, 0.25) is 0 Å². The molecule has 0 fully saturated rings. The molecule has 0 saturated heterocycles. The first kappa shape index (κ1) is 15.8. The highest BCUT2D eigenvalue weighted by atomic mass is 16.3. The summed E-state index contributed by atoms with van der Waals surface area (Å²) in [7, 11) is 0. The number of aliphatic hydroxyl groups excluding tert-OH is 2. The molecule has 2 nitrogen and oxygen atoms in total. The molecule has 2 heteroatoms. The topological polar surface area (TPSA) is 40.5 Å². The Hall–Kier alpha value is -2.68. The first-order valence-corrected chi connectivity index (χ1v) is 8.54. The van der Waals surface area contributed by atoms with Crippen molar-refractivity contribution in [3.63, 3.8) is 0 Å². The maximum Gasteiger partial charge on any atom is 0.0818 e. The SMILES string of the molecule is OC(CC(O)c1ccc2ccccc2c1)c1ccc2ccccc2c1. The van der Waals surface area contributed by atoms with Crippen molar-refractivity contribution in [2.24, 2.45) is 0 Å². The summed E-state index contributed by atoms with van der Waals surface area (Å²) < 4.78 is 0.